The number of hydrogen-bond acceptors (Lipinski definition) is 4. The first-order valence-corrected chi connectivity index (χ1v) is 7.77. The van der Waals surface area contributed by atoms with Crippen LogP contribution >= 0.6 is 12.4 Å². The van der Waals surface area contributed by atoms with Gasteiger partial charge >= 0.3 is 0 Å². The number of nitrogens with one attached hydrogen (secondary N) is 1. The predicted octanol–water partition coefficient (Wildman–Crippen LogP) is 3.33. The van der Waals surface area contributed by atoms with Gasteiger partial charge in [0.25, 0.3) is 0 Å². The maximum absolute atomic E-state index is 5.47. The molecule has 1 heterocycles. The second-order valence-electron chi connectivity index (χ2n) is 6.35. The lowest BCUT2D eigenvalue weighted by atomic mass is 9.85. The van der Waals surface area contributed by atoms with Crippen molar-refractivity contribution in [2.45, 2.75) is 63.8 Å². The van der Waals surface area contributed by atoms with E-state index in [1.165, 1.54) is 38.5 Å². The van der Waals surface area contributed by atoms with Crippen LogP contribution in [0.3, 0.4) is 0 Å². The van der Waals surface area contributed by atoms with Gasteiger partial charge in [-0.25, -0.2) is 0 Å². The maximum Gasteiger partial charge on any atom is 0.230 e. The summed E-state index contributed by atoms with van der Waals surface area (Å²) in [5, 5.41) is 7.33. The zero-order valence-corrected chi connectivity index (χ0v) is 13.3. The summed E-state index contributed by atoms with van der Waals surface area (Å²) in [5.41, 5.74) is 0. The van der Waals surface area contributed by atoms with E-state index in [0.717, 1.165) is 30.0 Å². The molecule has 1 aromatic rings. The molecule has 3 unspecified atom stereocenters. The van der Waals surface area contributed by atoms with Crippen molar-refractivity contribution >= 4 is 12.4 Å². The van der Waals surface area contributed by atoms with Crippen LogP contribution in [0.4, 0.5) is 0 Å². The molecule has 0 aromatic carbocycles. The first-order valence-electron chi connectivity index (χ1n) is 7.77. The minimum absolute atomic E-state index is 0. The van der Waals surface area contributed by atoms with Gasteiger partial charge in [0.05, 0.1) is 0 Å². The Hall–Kier alpha value is -0.610. The number of nitrogens with zero attached hydrogens (tertiary/aromatic N) is 2. The molecular weight excluding hydrogens is 274 g/mol. The van der Waals surface area contributed by atoms with Gasteiger partial charge in [-0.15, -0.1) is 12.4 Å². The average molecular weight is 300 g/mol. The van der Waals surface area contributed by atoms with Crippen LogP contribution in [-0.4, -0.2) is 23.2 Å². The van der Waals surface area contributed by atoms with Crippen molar-refractivity contribution in [3.63, 3.8) is 0 Å². The van der Waals surface area contributed by atoms with Crippen molar-refractivity contribution in [1.29, 1.82) is 0 Å². The Morgan fingerprint density at radius 3 is 2.75 bits per heavy atom. The molecule has 3 atom stereocenters. The number of likely N-dealkylation sites (N-methyl/N-ethyl adjacent to an activating group) is 1. The molecule has 2 aliphatic carbocycles. The van der Waals surface area contributed by atoms with E-state index in [1.54, 1.807) is 0 Å². The monoisotopic (exact) mass is 299 g/mol. The fourth-order valence-electron chi connectivity index (χ4n) is 3.46. The number of hydrogen-bond donors (Lipinski definition) is 1. The lowest BCUT2D eigenvalue weighted by Crippen LogP contribution is -2.24. The lowest BCUT2D eigenvalue weighted by Gasteiger charge is -2.21. The molecule has 1 N–H and O–H groups in total. The van der Waals surface area contributed by atoms with Crippen LogP contribution in [-0.2, 0) is 6.42 Å². The van der Waals surface area contributed by atoms with E-state index in [1.807, 2.05) is 7.05 Å². The standard InChI is InChI=1S/C15H25N3O.ClH/c1-10(16-2)8-14-17-15(19-18-14)13-9-12(13)11-6-4-3-5-7-11;/h10-13,16H,3-9H2,1-2H3;1H. The van der Waals surface area contributed by atoms with E-state index >= 15 is 0 Å². The molecule has 0 aliphatic heterocycles. The largest absolute Gasteiger partial charge is 0.339 e. The smallest absolute Gasteiger partial charge is 0.230 e. The zero-order valence-electron chi connectivity index (χ0n) is 12.5. The molecule has 114 valence electrons. The van der Waals surface area contributed by atoms with E-state index in [9.17, 15) is 0 Å². The van der Waals surface area contributed by atoms with Gasteiger partial charge in [0.1, 0.15) is 0 Å². The van der Waals surface area contributed by atoms with Gasteiger partial charge in [0, 0.05) is 18.4 Å². The first-order chi connectivity index (χ1) is 9.28. The quantitative estimate of drug-likeness (QED) is 0.906. The van der Waals surface area contributed by atoms with E-state index < -0.39 is 0 Å². The number of rotatable bonds is 5. The van der Waals surface area contributed by atoms with Crippen LogP contribution in [0.15, 0.2) is 4.52 Å². The third kappa shape index (κ3) is 3.53. The van der Waals surface area contributed by atoms with Crippen LogP contribution in [0.5, 0.6) is 0 Å². The third-order valence-electron chi connectivity index (χ3n) is 4.88. The molecule has 20 heavy (non-hydrogen) atoms. The van der Waals surface area contributed by atoms with Crippen LogP contribution < -0.4 is 5.32 Å². The fraction of sp³-hybridized carbons (Fsp3) is 0.867. The molecular formula is C15H26ClN3O. The van der Waals surface area contributed by atoms with Crippen LogP contribution in [0.2, 0.25) is 0 Å². The van der Waals surface area contributed by atoms with Gasteiger partial charge < -0.3 is 9.84 Å². The summed E-state index contributed by atoms with van der Waals surface area (Å²) < 4.78 is 5.47. The van der Waals surface area contributed by atoms with Gasteiger partial charge in [0.2, 0.25) is 5.89 Å². The fourth-order valence-corrected chi connectivity index (χ4v) is 3.46. The van der Waals surface area contributed by atoms with Crippen molar-refractivity contribution in [3.05, 3.63) is 11.7 Å². The van der Waals surface area contributed by atoms with Crippen LogP contribution in [0.25, 0.3) is 0 Å². The summed E-state index contributed by atoms with van der Waals surface area (Å²) >= 11 is 0. The Labute approximate surface area is 127 Å². The molecule has 0 bridgehead atoms. The molecule has 0 spiro atoms. The molecule has 0 radical (unpaired) electrons. The molecule has 5 heteroatoms. The van der Waals surface area contributed by atoms with E-state index in [0.29, 0.717) is 12.0 Å². The summed E-state index contributed by atoms with van der Waals surface area (Å²) in [5.74, 6) is 4.06. The van der Waals surface area contributed by atoms with Crippen molar-refractivity contribution in [3.8, 4) is 0 Å². The summed E-state index contributed by atoms with van der Waals surface area (Å²) in [4.78, 5) is 4.59. The van der Waals surface area contributed by atoms with E-state index in [4.69, 9.17) is 4.52 Å². The highest BCUT2D eigenvalue weighted by molar-refractivity contribution is 5.85. The Morgan fingerprint density at radius 2 is 2.05 bits per heavy atom. The van der Waals surface area contributed by atoms with Crippen molar-refractivity contribution < 1.29 is 4.52 Å². The molecule has 3 rings (SSSR count). The topological polar surface area (TPSA) is 51.0 Å². The van der Waals surface area contributed by atoms with E-state index in [2.05, 4.69) is 22.4 Å². The second kappa shape index (κ2) is 6.90. The normalized spacial score (nSPS) is 27.9. The Bertz CT molecular complexity index is 417. The van der Waals surface area contributed by atoms with Crippen LogP contribution in [0, 0.1) is 11.8 Å². The summed E-state index contributed by atoms with van der Waals surface area (Å²) in [6.45, 7) is 2.14. The highest BCUT2D eigenvalue weighted by Gasteiger charge is 2.47. The zero-order chi connectivity index (χ0) is 13.2. The van der Waals surface area contributed by atoms with Gasteiger partial charge in [0.15, 0.2) is 5.82 Å². The molecule has 4 nitrogen and oxygen atoms in total. The first kappa shape index (κ1) is 15.8. The minimum atomic E-state index is 0. The van der Waals surface area contributed by atoms with Crippen molar-refractivity contribution in [1.82, 2.24) is 15.5 Å². The molecule has 2 saturated carbocycles. The van der Waals surface area contributed by atoms with Crippen LogP contribution in [0.1, 0.15) is 63.1 Å². The van der Waals surface area contributed by atoms with Gasteiger partial charge in [-0.1, -0.05) is 37.3 Å². The molecule has 2 fully saturated rings. The highest BCUT2D eigenvalue weighted by atomic mass is 35.5. The highest BCUT2D eigenvalue weighted by Crippen LogP contribution is 2.54. The number of aromatic nitrogens is 2. The SMILES string of the molecule is CNC(C)Cc1noc(C2CC2C2CCCCC2)n1.Cl. The van der Waals surface area contributed by atoms with Gasteiger partial charge in [-0.3, -0.25) is 0 Å². The average Bonchev–Trinajstić information content (AvgIpc) is 3.13. The summed E-state index contributed by atoms with van der Waals surface area (Å²) in [6, 6.07) is 0.402. The molecule has 0 amide bonds. The third-order valence-corrected chi connectivity index (χ3v) is 4.88. The predicted molar refractivity (Wildman–Crippen MR) is 81.2 cm³/mol. The maximum atomic E-state index is 5.47. The second-order valence-corrected chi connectivity index (χ2v) is 6.35. The molecule has 1 aromatic heterocycles. The van der Waals surface area contributed by atoms with Crippen molar-refractivity contribution in [2.75, 3.05) is 7.05 Å². The summed E-state index contributed by atoms with van der Waals surface area (Å²) in [6.07, 6.45) is 9.22. The Balaban J connectivity index is 0.00000147. The lowest BCUT2D eigenvalue weighted by molar-refractivity contribution is 0.305. The summed E-state index contributed by atoms with van der Waals surface area (Å²) in [7, 11) is 1.96. The van der Waals surface area contributed by atoms with E-state index in [-0.39, 0.29) is 12.4 Å². The van der Waals surface area contributed by atoms with Gasteiger partial charge in [-0.2, -0.15) is 4.98 Å². The minimum Gasteiger partial charge on any atom is -0.339 e. The van der Waals surface area contributed by atoms with Gasteiger partial charge in [-0.05, 0) is 32.2 Å². The molecule has 0 saturated heterocycles. The van der Waals surface area contributed by atoms with Crippen molar-refractivity contribution in [2.24, 2.45) is 11.8 Å². The Morgan fingerprint density at radius 1 is 1.30 bits per heavy atom. The Kier molecular flexibility index (Phi) is 5.44. The molecule has 2 aliphatic rings. The number of halogens is 1.